The van der Waals surface area contributed by atoms with Crippen LogP contribution in [0.4, 0.5) is 18.0 Å². The average Bonchev–Trinajstić information content (AvgIpc) is 2.13. The van der Waals surface area contributed by atoms with Gasteiger partial charge in [0, 0.05) is 12.6 Å². The lowest BCUT2D eigenvalue weighted by Crippen LogP contribution is -2.54. The maximum absolute atomic E-state index is 12.4. The van der Waals surface area contributed by atoms with Gasteiger partial charge < -0.3 is 15.4 Å². The summed E-state index contributed by atoms with van der Waals surface area (Å²) in [6, 6.07) is -1.80. The molecule has 0 radical (unpaired) electrons. The number of halogens is 3. The van der Waals surface area contributed by atoms with E-state index in [9.17, 15) is 18.0 Å². The van der Waals surface area contributed by atoms with Crippen LogP contribution in [0.1, 0.15) is 33.6 Å². The summed E-state index contributed by atoms with van der Waals surface area (Å²) in [6.07, 6.45) is -4.57. The number of piperidine rings is 1. The van der Waals surface area contributed by atoms with Gasteiger partial charge in [-0.05, 0) is 33.6 Å². The van der Waals surface area contributed by atoms with E-state index in [-0.39, 0.29) is 25.4 Å². The number of alkyl halides is 3. The quantitative estimate of drug-likeness (QED) is 0.766. The van der Waals surface area contributed by atoms with Crippen molar-refractivity contribution in [3.05, 3.63) is 0 Å². The topological polar surface area (TPSA) is 50.4 Å². The predicted octanol–water partition coefficient (Wildman–Crippen LogP) is 2.19. The molecule has 1 amide bonds. The molecular formula is C11H19F3N2O2. The molecule has 1 fully saturated rings. The van der Waals surface area contributed by atoms with Crippen LogP contribution < -0.4 is 10.6 Å². The molecule has 1 aliphatic rings. The Kier molecular flexibility index (Phi) is 4.47. The van der Waals surface area contributed by atoms with Crippen LogP contribution >= 0.6 is 0 Å². The third-order valence-electron chi connectivity index (χ3n) is 2.53. The van der Waals surface area contributed by atoms with E-state index >= 15 is 0 Å². The highest BCUT2D eigenvalue weighted by Crippen LogP contribution is 2.26. The summed E-state index contributed by atoms with van der Waals surface area (Å²) < 4.78 is 42.2. The normalized spacial score (nSPS) is 25.7. The zero-order valence-electron chi connectivity index (χ0n) is 10.7. The smallest absolute Gasteiger partial charge is 0.407 e. The molecule has 106 valence electrons. The summed E-state index contributed by atoms with van der Waals surface area (Å²) in [5.41, 5.74) is -0.610. The Labute approximate surface area is 104 Å². The number of ether oxygens (including phenoxy) is 1. The molecule has 1 rings (SSSR count). The summed E-state index contributed by atoms with van der Waals surface area (Å²) in [4.78, 5) is 11.4. The highest BCUT2D eigenvalue weighted by molar-refractivity contribution is 5.68. The van der Waals surface area contributed by atoms with Crippen molar-refractivity contribution in [2.24, 2.45) is 0 Å². The number of nitrogens with one attached hydrogen (secondary N) is 2. The van der Waals surface area contributed by atoms with E-state index in [1.54, 1.807) is 20.8 Å². The van der Waals surface area contributed by atoms with E-state index in [0.29, 0.717) is 0 Å². The predicted molar refractivity (Wildman–Crippen MR) is 60.2 cm³/mol. The summed E-state index contributed by atoms with van der Waals surface area (Å²) in [7, 11) is 0. The zero-order valence-corrected chi connectivity index (χ0v) is 10.7. The van der Waals surface area contributed by atoms with Crippen molar-refractivity contribution in [2.75, 3.05) is 6.54 Å². The summed E-state index contributed by atoms with van der Waals surface area (Å²) in [5.74, 6) is 0. The first kappa shape index (κ1) is 15.1. The summed E-state index contributed by atoms with van der Waals surface area (Å²) >= 11 is 0. The number of carbonyl (C=O) groups excluding carboxylic acids is 1. The Morgan fingerprint density at radius 1 is 1.28 bits per heavy atom. The monoisotopic (exact) mass is 268 g/mol. The molecule has 2 atom stereocenters. The van der Waals surface area contributed by atoms with Crippen molar-refractivity contribution < 1.29 is 22.7 Å². The van der Waals surface area contributed by atoms with Crippen molar-refractivity contribution >= 4 is 6.09 Å². The van der Waals surface area contributed by atoms with Gasteiger partial charge in [0.15, 0.2) is 0 Å². The second-order valence-electron chi connectivity index (χ2n) is 5.42. The second-order valence-corrected chi connectivity index (χ2v) is 5.42. The van der Waals surface area contributed by atoms with Crippen LogP contribution in [0.15, 0.2) is 0 Å². The molecule has 1 heterocycles. The maximum atomic E-state index is 12.4. The summed E-state index contributed by atoms with van der Waals surface area (Å²) in [6.45, 7) is 5.28. The molecule has 2 N–H and O–H groups in total. The molecule has 0 spiro atoms. The van der Waals surface area contributed by atoms with E-state index in [0.717, 1.165) is 0 Å². The van der Waals surface area contributed by atoms with Gasteiger partial charge >= 0.3 is 12.3 Å². The van der Waals surface area contributed by atoms with Gasteiger partial charge in [0.25, 0.3) is 0 Å². The molecule has 0 aromatic rings. The third kappa shape index (κ3) is 5.12. The van der Waals surface area contributed by atoms with Gasteiger partial charge in [-0.1, -0.05) is 0 Å². The van der Waals surface area contributed by atoms with Crippen LogP contribution in [0.3, 0.4) is 0 Å². The van der Waals surface area contributed by atoms with E-state index < -0.39 is 23.9 Å². The minimum absolute atomic E-state index is 0.0377. The molecule has 0 bridgehead atoms. The van der Waals surface area contributed by atoms with E-state index in [1.165, 1.54) is 0 Å². The van der Waals surface area contributed by atoms with Gasteiger partial charge in [-0.3, -0.25) is 0 Å². The number of hydrogen-bond acceptors (Lipinski definition) is 3. The van der Waals surface area contributed by atoms with Crippen LogP contribution in [-0.2, 0) is 4.74 Å². The van der Waals surface area contributed by atoms with Crippen LogP contribution in [-0.4, -0.2) is 36.5 Å². The zero-order chi connectivity index (χ0) is 14.0. The molecule has 0 aromatic heterocycles. The van der Waals surface area contributed by atoms with Gasteiger partial charge in [-0.2, -0.15) is 13.2 Å². The van der Waals surface area contributed by atoms with Crippen LogP contribution in [0.2, 0.25) is 0 Å². The van der Waals surface area contributed by atoms with Gasteiger partial charge in [0.05, 0.1) is 0 Å². The van der Waals surface area contributed by atoms with Gasteiger partial charge in [0.1, 0.15) is 11.6 Å². The molecule has 7 heteroatoms. The highest BCUT2D eigenvalue weighted by Gasteiger charge is 2.41. The molecular weight excluding hydrogens is 249 g/mol. The lowest BCUT2D eigenvalue weighted by Gasteiger charge is -2.32. The van der Waals surface area contributed by atoms with E-state index in [2.05, 4.69) is 10.6 Å². The number of carbonyl (C=O) groups is 1. The molecule has 1 aliphatic heterocycles. The highest BCUT2D eigenvalue weighted by atomic mass is 19.4. The van der Waals surface area contributed by atoms with E-state index in [1.807, 2.05) is 0 Å². The van der Waals surface area contributed by atoms with Crippen LogP contribution in [0, 0.1) is 0 Å². The van der Waals surface area contributed by atoms with Crippen molar-refractivity contribution in [1.82, 2.24) is 10.6 Å². The summed E-state index contributed by atoms with van der Waals surface area (Å²) in [5, 5.41) is 4.94. The Balaban J connectivity index is 2.34. The van der Waals surface area contributed by atoms with E-state index in [4.69, 9.17) is 4.74 Å². The molecule has 18 heavy (non-hydrogen) atoms. The minimum Gasteiger partial charge on any atom is -0.444 e. The molecule has 1 saturated heterocycles. The number of alkyl carbamates (subject to hydrolysis) is 1. The molecule has 2 unspecified atom stereocenters. The third-order valence-corrected chi connectivity index (χ3v) is 2.53. The SMILES string of the molecule is CC(C)(C)OC(=O)NC1CCC(C(F)(F)F)NC1. The second kappa shape index (κ2) is 5.34. The van der Waals surface area contributed by atoms with Crippen molar-refractivity contribution in [1.29, 1.82) is 0 Å². The lowest BCUT2D eigenvalue weighted by molar-refractivity contribution is -0.160. The standard InChI is InChI=1S/C11H19F3N2O2/c1-10(2,3)18-9(17)16-7-4-5-8(15-6-7)11(12,13)14/h7-8,15H,4-6H2,1-3H3,(H,16,17). The first-order valence-corrected chi connectivity index (χ1v) is 5.87. The number of hydrogen-bond donors (Lipinski definition) is 2. The van der Waals surface area contributed by atoms with Crippen LogP contribution in [0.5, 0.6) is 0 Å². The lowest BCUT2D eigenvalue weighted by atomic mass is 10.0. The molecule has 0 saturated carbocycles. The fourth-order valence-corrected chi connectivity index (χ4v) is 1.73. The maximum Gasteiger partial charge on any atom is 0.407 e. The fraction of sp³-hybridized carbons (Fsp3) is 0.909. The Morgan fingerprint density at radius 3 is 2.28 bits per heavy atom. The fourth-order valence-electron chi connectivity index (χ4n) is 1.73. The first-order chi connectivity index (χ1) is 8.08. The van der Waals surface area contributed by atoms with Crippen LogP contribution in [0.25, 0.3) is 0 Å². The molecule has 0 aliphatic carbocycles. The largest absolute Gasteiger partial charge is 0.444 e. The Hall–Kier alpha value is -0.980. The van der Waals surface area contributed by atoms with Gasteiger partial charge in [0.2, 0.25) is 0 Å². The molecule has 4 nitrogen and oxygen atoms in total. The molecule has 0 aromatic carbocycles. The Morgan fingerprint density at radius 2 is 1.89 bits per heavy atom. The number of amides is 1. The number of rotatable bonds is 1. The van der Waals surface area contributed by atoms with Crippen molar-refractivity contribution in [2.45, 2.75) is 57.5 Å². The van der Waals surface area contributed by atoms with Gasteiger partial charge in [-0.25, -0.2) is 4.79 Å². The van der Waals surface area contributed by atoms with Crippen molar-refractivity contribution in [3.8, 4) is 0 Å². The van der Waals surface area contributed by atoms with Crippen molar-refractivity contribution in [3.63, 3.8) is 0 Å². The van der Waals surface area contributed by atoms with Gasteiger partial charge in [-0.15, -0.1) is 0 Å². The first-order valence-electron chi connectivity index (χ1n) is 5.87. The average molecular weight is 268 g/mol. The Bertz CT molecular complexity index is 292. The minimum atomic E-state index is -4.23.